The summed E-state index contributed by atoms with van der Waals surface area (Å²) in [5.74, 6) is 0. The molecule has 2 nitrogen and oxygen atoms in total. The Morgan fingerprint density at radius 3 is 2.45 bits per heavy atom. The van der Waals surface area contributed by atoms with Crippen molar-refractivity contribution in [2.45, 2.75) is 39.5 Å². The van der Waals surface area contributed by atoms with Gasteiger partial charge in [0.15, 0.2) is 0 Å². The molecule has 6 heteroatoms. The second-order valence-electron chi connectivity index (χ2n) is 4.89. The van der Waals surface area contributed by atoms with E-state index in [-0.39, 0.29) is 6.04 Å². The highest BCUT2D eigenvalue weighted by atomic mass is 35.5. The molecular weight excluding hydrogens is 289 g/mol. The molecule has 0 fully saturated rings. The first-order chi connectivity index (χ1) is 9.24. The summed E-state index contributed by atoms with van der Waals surface area (Å²) in [6.45, 7) is 5.71. The molecule has 0 aliphatic heterocycles. The first kappa shape index (κ1) is 17.1. The summed E-state index contributed by atoms with van der Waals surface area (Å²) in [5.41, 5.74) is 1.35. The number of hydrogen-bond acceptors (Lipinski definition) is 2. The minimum Gasteiger partial charge on any atom is -0.360 e. The summed E-state index contributed by atoms with van der Waals surface area (Å²) in [7, 11) is 0. The molecule has 20 heavy (non-hydrogen) atoms. The lowest BCUT2D eigenvalue weighted by atomic mass is 10.1. The Labute approximate surface area is 122 Å². The van der Waals surface area contributed by atoms with Gasteiger partial charge in [0.05, 0.1) is 0 Å². The Kier molecular flexibility index (Phi) is 6.14. The van der Waals surface area contributed by atoms with E-state index in [4.69, 9.17) is 11.6 Å². The maximum atomic E-state index is 12.7. The van der Waals surface area contributed by atoms with Gasteiger partial charge in [-0.3, -0.25) is 0 Å². The molecule has 0 bridgehead atoms. The molecule has 0 saturated carbocycles. The van der Waals surface area contributed by atoms with Crippen molar-refractivity contribution < 1.29 is 13.2 Å². The second-order valence-corrected chi connectivity index (χ2v) is 5.33. The normalized spacial score (nSPS) is 12.0. The maximum absolute atomic E-state index is 12.7. The van der Waals surface area contributed by atoms with Crippen LogP contribution in [0.1, 0.15) is 26.3 Å². The fourth-order valence-corrected chi connectivity index (χ4v) is 2.17. The number of hydrogen-bond donors (Lipinski definition) is 1. The number of anilines is 1. The maximum Gasteiger partial charge on any atom is 0.405 e. The van der Waals surface area contributed by atoms with Crippen molar-refractivity contribution in [2.75, 3.05) is 18.0 Å². The van der Waals surface area contributed by atoms with Crippen LogP contribution in [0.2, 0.25) is 5.02 Å². The van der Waals surface area contributed by atoms with Crippen molar-refractivity contribution in [3.05, 3.63) is 28.8 Å². The second kappa shape index (κ2) is 7.18. The van der Waals surface area contributed by atoms with Gasteiger partial charge >= 0.3 is 6.18 Å². The fraction of sp³-hybridized carbons (Fsp3) is 0.571. The molecule has 0 aliphatic carbocycles. The molecule has 0 heterocycles. The van der Waals surface area contributed by atoms with Gasteiger partial charge in [0.1, 0.15) is 6.54 Å². The molecule has 0 aliphatic rings. The Bertz CT molecular complexity index is 433. The smallest absolute Gasteiger partial charge is 0.360 e. The summed E-state index contributed by atoms with van der Waals surface area (Å²) < 4.78 is 38.2. The summed E-state index contributed by atoms with van der Waals surface area (Å²) >= 11 is 5.94. The van der Waals surface area contributed by atoms with Crippen LogP contribution in [0.15, 0.2) is 18.2 Å². The minimum atomic E-state index is -4.24. The third-order valence-corrected chi connectivity index (χ3v) is 3.12. The molecule has 0 aromatic heterocycles. The van der Waals surface area contributed by atoms with Crippen molar-refractivity contribution in [1.82, 2.24) is 5.32 Å². The number of alkyl halides is 3. The molecule has 1 aromatic carbocycles. The van der Waals surface area contributed by atoms with Crippen LogP contribution in [-0.4, -0.2) is 25.3 Å². The van der Waals surface area contributed by atoms with E-state index in [9.17, 15) is 13.2 Å². The van der Waals surface area contributed by atoms with Gasteiger partial charge in [-0.1, -0.05) is 18.5 Å². The molecule has 0 radical (unpaired) electrons. The number of benzene rings is 1. The van der Waals surface area contributed by atoms with E-state index in [1.807, 2.05) is 6.92 Å². The van der Waals surface area contributed by atoms with Gasteiger partial charge in [0.2, 0.25) is 0 Å². The van der Waals surface area contributed by atoms with E-state index >= 15 is 0 Å². The van der Waals surface area contributed by atoms with Crippen molar-refractivity contribution in [1.29, 1.82) is 0 Å². The van der Waals surface area contributed by atoms with Crippen molar-refractivity contribution >= 4 is 17.3 Å². The minimum absolute atomic E-state index is 0.252. The number of nitrogens with zero attached hydrogens (tertiary/aromatic N) is 1. The third kappa shape index (κ3) is 5.21. The Hall–Kier alpha value is -0.940. The van der Waals surface area contributed by atoms with Crippen LogP contribution in [0.3, 0.4) is 0 Å². The Morgan fingerprint density at radius 1 is 1.30 bits per heavy atom. The summed E-state index contributed by atoms with van der Waals surface area (Å²) in [4.78, 5) is 1.35. The molecule has 0 amide bonds. The van der Waals surface area contributed by atoms with Gasteiger partial charge in [-0.05, 0) is 44.2 Å². The fourth-order valence-electron chi connectivity index (χ4n) is 1.97. The molecule has 0 spiro atoms. The Morgan fingerprint density at radius 2 is 1.95 bits per heavy atom. The lowest BCUT2D eigenvalue weighted by molar-refractivity contribution is -0.120. The molecule has 1 rings (SSSR count). The molecule has 1 N–H and O–H groups in total. The number of rotatable bonds is 6. The van der Waals surface area contributed by atoms with Gasteiger partial charge in [0, 0.05) is 23.3 Å². The molecule has 1 aromatic rings. The SMILES string of the molecule is CCNCc1cc(Cl)ccc1N(CC(F)(F)F)C(C)C. The summed E-state index contributed by atoms with van der Waals surface area (Å²) in [5, 5.41) is 3.65. The van der Waals surface area contributed by atoms with E-state index in [0.717, 1.165) is 12.1 Å². The van der Waals surface area contributed by atoms with Gasteiger partial charge < -0.3 is 10.2 Å². The molecular formula is C14H20ClF3N2. The molecule has 114 valence electrons. The van der Waals surface area contributed by atoms with Gasteiger partial charge in [0.25, 0.3) is 0 Å². The molecule has 0 saturated heterocycles. The van der Waals surface area contributed by atoms with Crippen molar-refractivity contribution in [3.8, 4) is 0 Å². The van der Waals surface area contributed by atoms with Crippen LogP contribution in [-0.2, 0) is 6.54 Å². The zero-order valence-corrected chi connectivity index (χ0v) is 12.6. The summed E-state index contributed by atoms with van der Waals surface area (Å²) in [6.07, 6.45) is -4.24. The van der Waals surface area contributed by atoms with Crippen molar-refractivity contribution in [3.63, 3.8) is 0 Å². The van der Waals surface area contributed by atoms with Crippen LogP contribution >= 0.6 is 11.6 Å². The van der Waals surface area contributed by atoms with Gasteiger partial charge in [-0.25, -0.2) is 0 Å². The average molecular weight is 309 g/mol. The van der Waals surface area contributed by atoms with Crippen molar-refractivity contribution in [2.24, 2.45) is 0 Å². The standard InChI is InChI=1S/C14H20ClF3N2/c1-4-19-8-11-7-12(15)5-6-13(11)20(10(2)3)9-14(16,17)18/h5-7,10,19H,4,8-9H2,1-3H3. The van der Waals surface area contributed by atoms with Gasteiger partial charge in [-0.15, -0.1) is 0 Å². The lowest BCUT2D eigenvalue weighted by Crippen LogP contribution is -2.40. The Balaban J connectivity index is 3.11. The van der Waals surface area contributed by atoms with E-state index < -0.39 is 12.7 Å². The zero-order valence-electron chi connectivity index (χ0n) is 11.9. The van der Waals surface area contributed by atoms with E-state index in [1.54, 1.807) is 32.0 Å². The monoisotopic (exact) mass is 308 g/mol. The number of halogens is 4. The van der Waals surface area contributed by atoms with Crippen LogP contribution < -0.4 is 10.2 Å². The molecule has 0 atom stereocenters. The van der Waals surface area contributed by atoms with Crippen LogP contribution in [0.25, 0.3) is 0 Å². The highest BCUT2D eigenvalue weighted by Gasteiger charge is 2.32. The van der Waals surface area contributed by atoms with E-state index in [2.05, 4.69) is 5.32 Å². The van der Waals surface area contributed by atoms with E-state index in [0.29, 0.717) is 17.3 Å². The van der Waals surface area contributed by atoms with Gasteiger partial charge in [-0.2, -0.15) is 13.2 Å². The lowest BCUT2D eigenvalue weighted by Gasteiger charge is -2.32. The molecule has 0 unspecified atom stereocenters. The predicted octanol–water partition coefficient (Wildman–Crippen LogP) is 4.23. The highest BCUT2D eigenvalue weighted by Crippen LogP contribution is 2.29. The first-order valence-corrected chi connectivity index (χ1v) is 6.95. The third-order valence-electron chi connectivity index (χ3n) is 2.89. The van der Waals surface area contributed by atoms with Crippen LogP contribution in [0, 0.1) is 0 Å². The van der Waals surface area contributed by atoms with Crippen LogP contribution in [0.4, 0.5) is 18.9 Å². The topological polar surface area (TPSA) is 15.3 Å². The quantitative estimate of drug-likeness (QED) is 0.846. The average Bonchev–Trinajstić information content (AvgIpc) is 2.32. The highest BCUT2D eigenvalue weighted by molar-refractivity contribution is 6.30. The largest absolute Gasteiger partial charge is 0.405 e. The summed E-state index contributed by atoms with van der Waals surface area (Å²) in [6, 6.07) is 4.74. The predicted molar refractivity (Wildman–Crippen MR) is 77.4 cm³/mol. The number of nitrogens with one attached hydrogen (secondary N) is 1. The van der Waals surface area contributed by atoms with Crippen LogP contribution in [0.5, 0.6) is 0 Å². The first-order valence-electron chi connectivity index (χ1n) is 6.57. The zero-order chi connectivity index (χ0) is 15.3. The van der Waals surface area contributed by atoms with E-state index in [1.165, 1.54) is 4.90 Å².